The molecule has 0 fully saturated rings. The smallest absolute Gasteiger partial charge is 0.326 e. The van der Waals surface area contributed by atoms with Crippen LogP contribution < -0.4 is 21.9 Å². The van der Waals surface area contributed by atoms with Crippen molar-refractivity contribution in [1.29, 1.82) is 0 Å². The van der Waals surface area contributed by atoms with Crippen molar-refractivity contribution in [3.63, 3.8) is 0 Å². The second-order valence-electron chi connectivity index (χ2n) is 7.05. The summed E-state index contributed by atoms with van der Waals surface area (Å²) in [4.78, 5) is 54.0. The molecule has 0 saturated heterocycles. The summed E-state index contributed by atoms with van der Waals surface area (Å²) in [6, 6.07) is 13.6. The van der Waals surface area contributed by atoms with Gasteiger partial charge in [0.25, 0.3) is 5.56 Å². The molecule has 2 aliphatic heterocycles. The van der Waals surface area contributed by atoms with Gasteiger partial charge in [0.15, 0.2) is 5.82 Å². The Hall–Kier alpha value is -4.05. The predicted molar refractivity (Wildman–Crippen MR) is 122 cm³/mol. The van der Waals surface area contributed by atoms with Crippen molar-refractivity contribution in [3.8, 4) is 11.4 Å². The highest BCUT2D eigenvalue weighted by molar-refractivity contribution is 7.09. The molecule has 0 bridgehead atoms. The third kappa shape index (κ3) is 4.65. The van der Waals surface area contributed by atoms with Crippen LogP contribution in [0, 0.1) is 0 Å². The Labute approximate surface area is 186 Å². The van der Waals surface area contributed by atoms with E-state index in [1.165, 1.54) is 22.8 Å². The number of nitrogens with zero attached hydrogens (tertiary/aromatic N) is 3. The number of pyridine rings is 1. The monoisotopic (exact) mass is 449 g/mol. The predicted octanol–water partition coefficient (Wildman–Crippen LogP) is 2.22. The van der Waals surface area contributed by atoms with E-state index in [-0.39, 0.29) is 36.3 Å². The van der Waals surface area contributed by atoms with Gasteiger partial charge >= 0.3 is 5.69 Å². The fourth-order valence-electron chi connectivity index (χ4n) is 3.24. The maximum absolute atomic E-state index is 12.9. The van der Waals surface area contributed by atoms with E-state index in [0.29, 0.717) is 11.4 Å². The average molecular weight is 449 g/mol. The standard InChI is InChI=1S/C22H19N5O4S/c1-14(28)23-15-6-8-16(9-7-15)24-19(29)13-26-10-2-5-18-20(26)25-22(31)27(21(18)30)12-17-4-3-11-32-17/h2-11H,12-13H2,1H3,(H,23,28)(H,24,29). The molecule has 32 heavy (non-hydrogen) atoms. The van der Waals surface area contributed by atoms with E-state index in [1.54, 1.807) is 42.6 Å². The summed E-state index contributed by atoms with van der Waals surface area (Å²) in [5.41, 5.74) is 0.309. The lowest BCUT2D eigenvalue weighted by Crippen LogP contribution is -2.38. The van der Waals surface area contributed by atoms with Crippen LogP contribution in [0.25, 0.3) is 11.4 Å². The van der Waals surface area contributed by atoms with Gasteiger partial charge in [-0.3, -0.25) is 19.0 Å². The third-order valence-electron chi connectivity index (χ3n) is 4.65. The first kappa shape index (κ1) is 21.2. The Morgan fingerprint density at radius 3 is 2.38 bits per heavy atom. The minimum Gasteiger partial charge on any atom is -0.326 e. The number of aromatic nitrogens is 3. The molecule has 9 nitrogen and oxygen atoms in total. The maximum atomic E-state index is 12.9. The molecule has 0 saturated carbocycles. The van der Waals surface area contributed by atoms with Crippen molar-refractivity contribution >= 4 is 34.5 Å². The zero-order valence-corrected chi connectivity index (χ0v) is 17.9. The molecule has 3 heterocycles. The van der Waals surface area contributed by atoms with Crippen LogP contribution in [-0.4, -0.2) is 25.9 Å². The summed E-state index contributed by atoms with van der Waals surface area (Å²) in [5.74, 6) is -0.387. The number of carbonyl (C=O) groups is 2. The number of fused-ring (bicyclic) bond motifs is 1. The second kappa shape index (κ2) is 8.98. The molecule has 1 aromatic heterocycles. The topological polar surface area (TPSA) is 115 Å². The van der Waals surface area contributed by atoms with Crippen molar-refractivity contribution in [2.45, 2.75) is 20.0 Å². The SMILES string of the molecule is CC(=O)Nc1ccc(NC(=O)Cn2cccc3c(=O)n(Cc4cccs4)c(=O)nc2-3)cc1. The van der Waals surface area contributed by atoms with Gasteiger partial charge in [-0.1, -0.05) is 6.07 Å². The van der Waals surface area contributed by atoms with Gasteiger partial charge in [-0.25, -0.2) is 4.79 Å². The molecule has 0 radical (unpaired) electrons. The number of amides is 2. The van der Waals surface area contributed by atoms with Crippen LogP contribution in [0.4, 0.5) is 11.4 Å². The molecule has 0 aliphatic carbocycles. The molecule has 10 heteroatoms. The first-order chi connectivity index (χ1) is 15.4. The Kier molecular flexibility index (Phi) is 5.95. The lowest BCUT2D eigenvalue weighted by atomic mass is 10.2. The van der Waals surface area contributed by atoms with Gasteiger partial charge in [-0.15, -0.1) is 11.3 Å². The Morgan fingerprint density at radius 2 is 1.72 bits per heavy atom. The third-order valence-corrected chi connectivity index (χ3v) is 5.51. The van der Waals surface area contributed by atoms with Crippen molar-refractivity contribution < 1.29 is 9.59 Å². The van der Waals surface area contributed by atoms with E-state index in [2.05, 4.69) is 15.6 Å². The fraction of sp³-hybridized carbons (Fsp3) is 0.136. The van der Waals surface area contributed by atoms with Gasteiger partial charge in [0, 0.05) is 29.4 Å². The number of benzene rings is 1. The highest BCUT2D eigenvalue weighted by atomic mass is 32.1. The number of rotatable bonds is 6. The lowest BCUT2D eigenvalue weighted by Gasteiger charge is -2.15. The molecule has 2 aliphatic rings. The van der Waals surface area contributed by atoms with E-state index < -0.39 is 11.2 Å². The van der Waals surface area contributed by atoms with Crippen LogP contribution in [-0.2, 0) is 22.7 Å². The Bertz CT molecular complexity index is 1360. The van der Waals surface area contributed by atoms with Gasteiger partial charge in [-0.2, -0.15) is 4.98 Å². The minimum atomic E-state index is -0.662. The fourth-order valence-corrected chi connectivity index (χ4v) is 3.93. The van der Waals surface area contributed by atoms with Crippen LogP contribution in [0.2, 0.25) is 0 Å². The molecular weight excluding hydrogens is 430 g/mol. The summed E-state index contributed by atoms with van der Waals surface area (Å²) < 4.78 is 2.56. The molecule has 0 unspecified atom stereocenters. The number of hydrogen-bond donors (Lipinski definition) is 2. The van der Waals surface area contributed by atoms with Crippen LogP contribution in [0.1, 0.15) is 11.8 Å². The van der Waals surface area contributed by atoms with Crippen LogP contribution in [0.5, 0.6) is 0 Å². The van der Waals surface area contributed by atoms with Crippen molar-refractivity contribution in [3.05, 3.63) is 85.8 Å². The normalized spacial score (nSPS) is 10.8. The summed E-state index contributed by atoms with van der Waals surface area (Å²) in [7, 11) is 0. The van der Waals surface area contributed by atoms with Crippen molar-refractivity contribution in [2.75, 3.05) is 10.6 Å². The van der Waals surface area contributed by atoms with Crippen molar-refractivity contribution in [1.82, 2.24) is 14.1 Å². The number of anilines is 2. The summed E-state index contributed by atoms with van der Waals surface area (Å²) >= 11 is 1.45. The van der Waals surface area contributed by atoms with E-state index in [0.717, 1.165) is 9.44 Å². The zero-order chi connectivity index (χ0) is 22.7. The van der Waals surface area contributed by atoms with Crippen LogP contribution in [0.15, 0.2) is 69.7 Å². The maximum Gasteiger partial charge on any atom is 0.352 e. The van der Waals surface area contributed by atoms with Gasteiger partial charge in [0.1, 0.15) is 6.54 Å². The Balaban J connectivity index is 1.55. The van der Waals surface area contributed by atoms with E-state index in [1.807, 2.05) is 17.5 Å². The molecule has 0 spiro atoms. The highest BCUT2D eigenvalue weighted by Crippen LogP contribution is 2.16. The summed E-state index contributed by atoms with van der Waals surface area (Å²) in [6.45, 7) is 1.43. The van der Waals surface area contributed by atoms with E-state index in [4.69, 9.17) is 0 Å². The molecule has 4 rings (SSSR count). The zero-order valence-electron chi connectivity index (χ0n) is 17.1. The van der Waals surface area contributed by atoms with Crippen LogP contribution in [0.3, 0.4) is 0 Å². The molecule has 2 N–H and O–H groups in total. The molecule has 162 valence electrons. The number of thiophene rings is 1. The molecule has 2 amide bonds. The Morgan fingerprint density at radius 1 is 1.00 bits per heavy atom. The number of carbonyl (C=O) groups excluding carboxylic acids is 2. The molecule has 0 atom stereocenters. The molecule has 1 aromatic carbocycles. The summed E-state index contributed by atoms with van der Waals surface area (Å²) in [6.07, 6.45) is 1.59. The second-order valence-corrected chi connectivity index (χ2v) is 8.08. The minimum absolute atomic E-state index is 0.133. The first-order valence-corrected chi connectivity index (χ1v) is 10.6. The molecule has 2 aromatic rings. The van der Waals surface area contributed by atoms with Gasteiger partial charge in [0.2, 0.25) is 11.8 Å². The first-order valence-electron chi connectivity index (χ1n) is 9.70. The van der Waals surface area contributed by atoms with E-state index in [9.17, 15) is 19.2 Å². The largest absolute Gasteiger partial charge is 0.352 e. The van der Waals surface area contributed by atoms with Gasteiger partial charge in [0.05, 0.1) is 12.1 Å². The summed E-state index contributed by atoms with van der Waals surface area (Å²) in [5, 5.41) is 7.27. The quantitative estimate of drug-likeness (QED) is 0.468. The molecular formula is C22H19N5O4S. The highest BCUT2D eigenvalue weighted by Gasteiger charge is 2.18. The average Bonchev–Trinajstić information content (AvgIpc) is 3.26. The van der Waals surface area contributed by atoms with E-state index >= 15 is 0 Å². The van der Waals surface area contributed by atoms with Gasteiger partial charge in [-0.05, 0) is 47.8 Å². The lowest BCUT2D eigenvalue weighted by molar-refractivity contribution is -0.117. The van der Waals surface area contributed by atoms with Gasteiger partial charge < -0.3 is 15.2 Å². The number of nitrogens with one attached hydrogen (secondary N) is 2. The van der Waals surface area contributed by atoms with Crippen LogP contribution >= 0.6 is 11.3 Å². The number of hydrogen-bond acceptors (Lipinski definition) is 6. The van der Waals surface area contributed by atoms with Crippen molar-refractivity contribution in [2.24, 2.45) is 0 Å².